The number of nitrogens with zero attached hydrogens (tertiary/aromatic N) is 6. The molecule has 1 fully saturated rings. The van der Waals surface area contributed by atoms with Crippen molar-refractivity contribution in [3.05, 3.63) is 36.0 Å². The molecule has 3 aromatic heterocycles. The maximum atomic E-state index is 9.16. The van der Waals surface area contributed by atoms with Crippen LogP contribution in [-0.2, 0) is 5.54 Å². The summed E-state index contributed by atoms with van der Waals surface area (Å²) in [5.74, 6) is 0.627. The second kappa shape index (κ2) is 5.07. The van der Waals surface area contributed by atoms with Crippen molar-refractivity contribution in [2.45, 2.75) is 31.7 Å². The molecule has 7 heteroatoms. The van der Waals surface area contributed by atoms with Crippen molar-refractivity contribution < 1.29 is 0 Å². The molecular formula is C16H15ClN6. The van der Waals surface area contributed by atoms with Crippen LogP contribution in [-0.4, -0.2) is 24.4 Å². The minimum absolute atomic E-state index is 0.179. The summed E-state index contributed by atoms with van der Waals surface area (Å²) in [4.78, 5) is 4.43. The summed E-state index contributed by atoms with van der Waals surface area (Å²) in [6, 6.07) is 4.20. The van der Waals surface area contributed by atoms with E-state index in [0.29, 0.717) is 17.5 Å². The van der Waals surface area contributed by atoms with Gasteiger partial charge in [0.25, 0.3) is 0 Å². The third kappa shape index (κ3) is 2.20. The van der Waals surface area contributed by atoms with E-state index in [9.17, 15) is 0 Å². The normalized spacial score (nSPS) is 23.6. The topological polar surface area (TPSA) is 71.8 Å². The predicted molar refractivity (Wildman–Crippen MR) is 85.8 cm³/mol. The molecule has 0 bridgehead atoms. The third-order valence-corrected chi connectivity index (χ3v) is 4.75. The van der Waals surface area contributed by atoms with Crippen LogP contribution in [0.2, 0.25) is 5.15 Å². The average Bonchev–Trinajstić information content (AvgIpc) is 3.13. The zero-order chi connectivity index (χ0) is 16.0. The van der Waals surface area contributed by atoms with Gasteiger partial charge in [-0.1, -0.05) is 18.5 Å². The summed E-state index contributed by atoms with van der Waals surface area (Å²) in [6.45, 7) is 2.20. The molecule has 0 aliphatic heterocycles. The van der Waals surface area contributed by atoms with Crippen molar-refractivity contribution >= 4 is 17.1 Å². The van der Waals surface area contributed by atoms with Crippen molar-refractivity contribution in [3.8, 4) is 17.3 Å². The van der Waals surface area contributed by atoms with Gasteiger partial charge < -0.3 is 0 Å². The summed E-state index contributed by atoms with van der Waals surface area (Å²) in [7, 11) is 0. The molecule has 0 atom stereocenters. The lowest BCUT2D eigenvalue weighted by molar-refractivity contribution is 0.0682. The van der Waals surface area contributed by atoms with Crippen LogP contribution >= 0.6 is 11.6 Å². The van der Waals surface area contributed by atoms with Gasteiger partial charge in [-0.15, -0.1) is 0 Å². The number of hydrogen-bond acceptors (Lipinski definition) is 4. The van der Waals surface area contributed by atoms with Crippen molar-refractivity contribution in [3.63, 3.8) is 0 Å². The van der Waals surface area contributed by atoms with E-state index in [2.05, 4.69) is 28.2 Å². The van der Waals surface area contributed by atoms with Crippen LogP contribution in [0, 0.1) is 17.2 Å². The Hall–Kier alpha value is -2.39. The fraction of sp³-hybridized carbons (Fsp3) is 0.375. The first kappa shape index (κ1) is 14.2. The first-order chi connectivity index (χ1) is 11.1. The first-order valence-corrected chi connectivity index (χ1v) is 7.91. The number of rotatable bonds is 3. The second-order valence-corrected chi connectivity index (χ2v) is 6.71. The number of hydrogen-bond donors (Lipinski definition) is 0. The molecule has 3 heterocycles. The van der Waals surface area contributed by atoms with Gasteiger partial charge in [-0.25, -0.2) is 9.50 Å². The number of fused-ring (bicyclic) bond motifs is 1. The Morgan fingerprint density at radius 3 is 2.96 bits per heavy atom. The molecular weight excluding hydrogens is 312 g/mol. The molecule has 0 amide bonds. The van der Waals surface area contributed by atoms with Crippen LogP contribution in [0.4, 0.5) is 0 Å². The van der Waals surface area contributed by atoms with Crippen molar-refractivity contribution in [1.29, 1.82) is 5.26 Å². The number of halogens is 1. The molecule has 0 unspecified atom stereocenters. The van der Waals surface area contributed by atoms with Crippen molar-refractivity contribution in [2.24, 2.45) is 5.92 Å². The van der Waals surface area contributed by atoms with Gasteiger partial charge in [-0.3, -0.25) is 4.68 Å². The monoisotopic (exact) mass is 326 g/mol. The Morgan fingerprint density at radius 2 is 2.22 bits per heavy atom. The van der Waals surface area contributed by atoms with Gasteiger partial charge in [-0.05, 0) is 24.8 Å². The highest BCUT2D eigenvalue weighted by molar-refractivity contribution is 6.29. The third-order valence-electron chi connectivity index (χ3n) is 4.57. The highest BCUT2D eigenvalue weighted by Gasteiger charge is 2.44. The quantitative estimate of drug-likeness (QED) is 0.740. The van der Waals surface area contributed by atoms with E-state index >= 15 is 0 Å². The summed E-state index contributed by atoms with van der Waals surface area (Å²) in [5.41, 5.74) is 2.34. The van der Waals surface area contributed by atoms with Crippen LogP contribution < -0.4 is 0 Å². The standard InChI is InChI=1S/C16H15ClN6/c1-11-6-16(7-11,3-4-18)23-9-12(8-20-23)15-13-2-5-19-22(13)10-14(17)21-15/h2,5,8-11H,3,6-7H2,1H3/t11-,16-. The smallest absolute Gasteiger partial charge is 0.148 e. The van der Waals surface area contributed by atoms with Crippen LogP contribution in [0.3, 0.4) is 0 Å². The van der Waals surface area contributed by atoms with Crippen molar-refractivity contribution in [1.82, 2.24) is 24.4 Å². The van der Waals surface area contributed by atoms with E-state index in [0.717, 1.165) is 29.6 Å². The van der Waals surface area contributed by atoms with E-state index < -0.39 is 0 Å². The molecule has 1 aliphatic carbocycles. The van der Waals surface area contributed by atoms with E-state index in [1.54, 1.807) is 23.1 Å². The van der Waals surface area contributed by atoms with Crippen LogP contribution in [0.1, 0.15) is 26.2 Å². The van der Waals surface area contributed by atoms with Gasteiger partial charge in [0, 0.05) is 11.8 Å². The molecule has 3 aromatic rings. The van der Waals surface area contributed by atoms with Crippen LogP contribution in [0.5, 0.6) is 0 Å². The largest absolute Gasteiger partial charge is 0.265 e. The molecule has 116 valence electrons. The molecule has 0 saturated heterocycles. The van der Waals surface area contributed by atoms with Gasteiger partial charge >= 0.3 is 0 Å². The highest BCUT2D eigenvalue weighted by Crippen LogP contribution is 2.46. The molecule has 0 aromatic carbocycles. The molecule has 23 heavy (non-hydrogen) atoms. The summed E-state index contributed by atoms with van der Waals surface area (Å²) in [5, 5.41) is 18.3. The maximum Gasteiger partial charge on any atom is 0.148 e. The Balaban J connectivity index is 1.78. The Kier molecular flexibility index (Phi) is 3.13. The van der Waals surface area contributed by atoms with Crippen LogP contribution in [0.25, 0.3) is 16.8 Å². The molecule has 4 rings (SSSR count). The van der Waals surface area contributed by atoms with E-state index in [4.69, 9.17) is 16.9 Å². The maximum absolute atomic E-state index is 9.16. The Bertz CT molecular complexity index is 912. The lowest BCUT2D eigenvalue weighted by Gasteiger charge is -2.45. The van der Waals surface area contributed by atoms with Gasteiger partial charge in [-0.2, -0.15) is 15.5 Å². The Labute approximate surface area is 138 Å². The van der Waals surface area contributed by atoms with Crippen molar-refractivity contribution in [2.75, 3.05) is 0 Å². The molecule has 1 saturated carbocycles. The lowest BCUT2D eigenvalue weighted by atomic mass is 9.67. The molecule has 6 nitrogen and oxygen atoms in total. The van der Waals surface area contributed by atoms with Gasteiger partial charge in [0.15, 0.2) is 0 Å². The van der Waals surface area contributed by atoms with E-state index in [1.165, 1.54) is 0 Å². The van der Waals surface area contributed by atoms with Gasteiger partial charge in [0.2, 0.25) is 0 Å². The number of aromatic nitrogens is 5. The zero-order valence-corrected chi connectivity index (χ0v) is 13.4. The van der Waals surface area contributed by atoms with Crippen LogP contribution in [0.15, 0.2) is 30.9 Å². The average molecular weight is 327 g/mol. The fourth-order valence-electron chi connectivity index (χ4n) is 3.61. The molecule has 0 spiro atoms. The van der Waals surface area contributed by atoms with Gasteiger partial charge in [0.05, 0.1) is 42.1 Å². The first-order valence-electron chi connectivity index (χ1n) is 7.54. The summed E-state index contributed by atoms with van der Waals surface area (Å²) in [6.07, 6.45) is 9.58. The zero-order valence-electron chi connectivity index (χ0n) is 12.6. The molecule has 0 N–H and O–H groups in total. The predicted octanol–water partition coefficient (Wildman–Crippen LogP) is 3.29. The molecule has 0 radical (unpaired) electrons. The molecule has 1 aliphatic rings. The highest BCUT2D eigenvalue weighted by atomic mass is 35.5. The minimum atomic E-state index is -0.179. The van der Waals surface area contributed by atoms with E-state index in [-0.39, 0.29) is 5.54 Å². The Morgan fingerprint density at radius 1 is 1.39 bits per heavy atom. The second-order valence-electron chi connectivity index (χ2n) is 6.32. The summed E-state index contributed by atoms with van der Waals surface area (Å²) >= 11 is 6.09. The van der Waals surface area contributed by atoms with Gasteiger partial charge in [0.1, 0.15) is 10.8 Å². The minimum Gasteiger partial charge on any atom is -0.265 e. The number of nitriles is 1. The van der Waals surface area contributed by atoms with E-state index in [1.807, 2.05) is 16.9 Å². The summed E-state index contributed by atoms with van der Waals surface area (Å²) < 4.78 is 3.64. The SMILES string of the molecule is C[C@H]1C[C@](CC#N)(n2cc(-c3nc(Cl)cn4nccc34)cn2)C1. The lowest BCUT2D eigenvalue weighted by Crippen LogP contribution is -2.45. The fourth-order valence-corrected chi connectivity index (χ4v) is 3.79.